The lowest BCUT2D eigenvalue weighted by molar-refractivity contribution is 0.373. The summed E-state index contributed by atoms with van der Waals surface area (Å²) < 4.78 is 10.5. The molecule has 0 radical (unpaired) electrons. The zero-order valence-corrected chi connectivity index (χ0v) is 17.1. The fraction of sp³-hybridized carbons (Fsp3) is 0.0800. The molecular weight excluding hydrogens is 390 g/mol. The Morgan fingerprint density at radius 2 is 1.65 bits per heavy atom. The highest BCUT2D eigenvalue weighted by atomic mass is 16.5. The van der Waals surface area contributed by atoms with Crippen molar-refractivity contribution in [1.82, 2.24) is 15.0 Å². The Hall–Kier alpha value is -4.19. The minimum Gasteiger partial charge on any atom is -0.504 e. The summed E-state index contributed by atoms with van der Waals surface area (Å²) in [5.74, 6) is 1.93. The lowest BCUT2D eigenvalue weighted by atomic mass is 10.0. The van der Waals surface area contributed by atoms with Gasteiger partial charge in [-0.2, -0.15) is 0 Å². The van der Waals surface area contributed by atoms with Crippen molar-refractivity contribution >= 4 is 10.9 Å². The molecule has 154 valence electrons. The molecule has 0 aliphatic carbocycles. The monoisotopic (exact) mass is 411 g/mol. The number of aromatic hydroxyl groups is 1. The Morgan fingerprint density at radius 3 is 2.39 bits per heavy atom. The Bertz CT molecular complexity index is 1370. The summed E-state index contributed by atoms with van der Waals surface area (Å²) in [6.45, 7) is 0. The van der Waals surface area contributed by atoms with Crippen LogP contribution in [0.5, 0.6) is 17.2 Å². The topological polar surface area (TPSA) is 83.2 Å². The van der Waals surface area contributed by atoms with Crippen LogP contribution < -0.4 is 9.47 Å². The summed E-state index contributed by atoms with van der Waals surface area (Å²) in [5, 5.41) is 11.3. The van der Waals surface area contributed by atoms with Crippen molar-refractivity contribution in [2.75, 3.05) is 14.2 Å². The molecule has 2 aromatic heterocycles. The van der Waals surface area contributed by atoms with E-state index in [0.29, 0.717) is 11.6 Å². The van der Waals surface area contributed by atoms with Gasteiger partial charge in [0.1, 0.15) is 11.6 Å². The predicted molar refractivity (Wildman–Crippen MR) is 122 cm³/mol. The summed E-state index contributed by atoms with van der Waals surface area (Å²) in [6.07, 6.45) is 1.99. The van der Waals surface area contributed by atoms with Gasteiger partial charge in [0.15, 0.2) is 11.5 Å². The number of benzene rings is 3. The average molecular weight is 411 g/mol. The van der Waals surface area contributed by atoms with Crippen LogP contribution >= 0.6 is 0 Å². The van der Waals surface area contributed by atoms with Gasteiger partial charge in [-0.25, -0.2) is 4.98 Å². The van der Waals surface area contributed by atoms with Crippen LogP contribution in [-0.4, -0.2) is 34.3 Å². The molecule has 0 fully saturated rings. The van der Waals surface area contributed by atoms with Gasteiger partial charge in [0.2, 0.25) is 0 Å². The van der Waals surface area contributed by atoms with Crippen molar-refractivity contribution in [2.45, 2.75) is 0 Å². The van der Waals surface area contributed by atoms with Crippen LogP contribution in [0.3, 0.4) is 0 Å². The first-order chi connectivity index (χ1) is 15.2. The van der Waals surface area contributed by atoms with E-state index in [1.807, 2.05) is 54.7 Å². The zero-order valence-electron chi connectivity index (χ0n) is 17.1. The number of phenolic OH excluding ortho intramolecular Hbond substituents is 1. The highest BCUT2D eigenvalue weighted by Gasteiger charge is 2.19. The van der Waals surface area contributed by atoms with E-state index in [2.05, 4.69) is 16.0 Å². The van der Waals surface area contributed by atoms with Gasteiger partial charge in [0.25, 0.3) is 0 Å². The molecular formula is C25H21N3O3. The van der Waals surface area contributed by atoms with Crippen LogP contribution in [0.15, 0.2) is 72.9 Å². The Kier molecular flexibility index (Phi) is 4.59. The molecule has 0 amide bonds. The molecule has 6 nitrogen and oxygen atoms in total. The summed E-state index contributed by atoms with van der Waals surface area (Å²) >= 11 is 0. The maximum atomic E-state index is 10.2. The highest BCUT2D eigenvalue weighted by molar-refractivity contribution is 5.98. The Morgan fingerprint density at radius 1 is 0.871 bits per heavy atom. The molecule has 6 heteroatoms. The van der Waals surface area contributed by atoms with Crippen molar-refractivity contribution in [1.29, 1.82) is 0 Å². The molecule has 0 atom stereocenters. The third-order valence-electron chi connectivity index (χ3n) is 5.38. The van der Waals surface area contributed by atoms with Gasteiger partial charge in [-0.3, -0.25) is 0 Å². The van der Waals surface area contributed by atoms with E-state index in [0.717, 1.165) is 44.7 Å². The van der Waals surface area contributed by atoms with Crippen molar-refractivity contribution < 1.29 is 14.6 Å². The van der Waals surface area contributed by atoms with Gasteiger partial charge >= 0.3 is 0 Å². The van der Waals surface area contributed by atoms with Crippen LogP contribution in [0, 0.1) is 0 Å². The Balaban J connectivity index is 1.70. The predicted octanol–water partition coefficient (Wildman–Crippen LogP) is 5.61. The van der Waals surface area contributed by atoms with Gasteiger partial charge in [-0.1, -0.05) is 18.2 Å². The lowest BCUT2D eigenvalue weighted by Gasteiger charge is -2.04. The van der Waals surface area contributed by atoms with E-state index < -0.39 is 0 Å². The minimum absolute atomic E-state index is 0.0658. The summed E-state index contributed by atoms with van der Waals surface area (Å²) in [4.78, 5) is 11.7. The van der Waals surface area contributed by atoms with Crippen molar-refractivity contribution in [2.24, 2.45) is 0 Å². The van der Waals surface area contributed by atoms with Crippen LogP contribution in [0.2, 0.25) is 0 Å². The van der Waals surface area contributed by atoms with E-state index >= 15 is 0 Å². The molecule has 3 aromatic carbocycles. The third kappa shape index (κ3) is 3.28. The molecule has 31 heavy (non-hydrogen) atoms. The standard InChI is InChI=1S/C25H21N3O3/c1-30-17-10-7-15(8-11-17)23-24(19-14-26-20-6-4-3-5-18(19)20)28-25(27-23)16-9-12-22(31-2)21(29)13-16/h3-14,26,29H,1-2H3,(H,27,28). The van der Waals surface area contributed by atoms with Crippen molar-refractivity contribution in [3.8, 4) is 51.2 Å². The molecule has 0 aliphatic heterocycles. The molecule has 5 rings (SSSR count). The van der Waals surface area contributed by atoms with Crippen LogP contribution in [0.25, 0.3) is 44.8 Å². The number of hydrogen-bond acceptors (Lipinski definition) is 4. The number of ether oxygens (including phenoxy) is 2. The molecule has 0 saturated carbocycles. The summed E-state index contributed by atoms with van der Waals surface area (Å²) in [7, 11) is 3.17. The number of aromatic nitrogens is 3. The number of aromatic amines is 2. The second-order valence-corrected chi connectivity index (χ2v) is 7.17. The molecule has 0 unspecified atom stereocenters. The van der Waals surface area contributed by atoms with E-state index in [9.17, 15) is 5.11 Å². The first-order valence-corrected chi connectivity index (χ1v) is 9.86. The number of para-hydroxylation sites is 1. The van der Waals surface area contributed by atoms with Crippen LogP contribution in [0.4, 0.5) is 0 Å². The largest absolute Gasteiger partial charge is 0.504 e. The van der Waals surface area contributed by atoms with Gasteiger partial charge in [0.05, 0.1) is 25.6 Å². The molecule has 5 aromatic rings. The normalized spacial score (nSPS) is 11.0. The number of rotatable bonds is 5. The number of nitrogens with one attached hydrogen (secondary N) is 2. The summed E-state index contributed by atoms with van der Waals surface area (Å²) in [6, 6.07) is 21.2. The number of nitrogens with zero attached hydrogens (tertiary/aromatic N) is 1. The maximum Gasteiger partial charge on any atom is 0.160 e. The van der Waals surface area contributed by atoms with Crippen LogP contribution in [0.1, 0.15) is 0 Å². The first kappa shape index (κ1) is 18.8. The average Bonchev–Trinajstić information content (AvgIpc) is 3.43. The minimum atomic E-state index is 0.0658. The smallest absolute Gasteiger partial charge is 0.160 e. The van der Waals surface area contributed by atoms with E-state index in [1.54, 1.807) is 19.2 Å². The lowest BCUT2D eigenvalue weighted by Crippen LogP contribution is -1.86. The van der Waals surface area contributed by atoms with Crippen molar-refractivity contribution in [3.63, 3.8) is 0 Å². The van der Waals surface area contributed by atoms with Crippen molar-refractivity contribution in [3.05, 3.63) is 72.9 Å². The third-order valence-corrected chi connectivity index (χ3v) is 5.38. The van der Waals surface area contributed by atoms with Gasteiger partial charge < -0.3 is 24.5 Å². The maximum absolute atomic E-state index is 10.2. The van der Waals surface area contributed by atoms with Gasteiger partial charge in [0, 0.05) is 33.8 Å². The van der Waals surface area contributed by atoms with E-state index in [1.165, 1.54) is 7.11 Å². The number of methoxy groups -OCH3 is 2. The molecule has 0 spiro atoms. The van der Waals surface area contributed by atoms with E-state index in [4.69, 9.17) is 14.5 Å². The SMILES string of the molecule is COc1ccc(-c2nc(-c3ccc(OC)c(O)c3)[nH]c2-c2c[nH]c3ccccc23)cc1. The highest BCUT2D eigenvalue weighted by Crippen LogP contribution is 2.38. The molecule has 3 N–H and O–H groups in total. The second kappa shape index (κ2) is 7.57. The number of phenols is 1. The van der Waals surface area contributed by atoms with Gasteiger partial charge in [-0.15, -0.1) is 0 Å². The first-order valence-electron chi connectivity index (χ1n) is 9.86. The number of imidazole rings is 1. The molecule has 2 heterocycles. The van der Waals surface area contributed by atoms with Crippen LogP contribution in [-0.2, 0) is 0 Å². The summed E-state index contributed by atoms with van der Waals surface area (Å²) in [5.41, 5.74) is 5.51. The molecule has 0 bridgehead atoms. The molecule has 0 aliphatic rings. The fourth-order valence-electron chi connectivity index (χ4n) is 3.78. The quantitative estimate of drug-likeness (QED) is 0.351. The zero-order chi connectivity index (χ0) is 21.4. The molecule has 0 saturated heterocycles. The second-order valence-electron chi connectivity index (χ2n) is 7.17. The number of H-pyrrole nitrogens is 2. The number of fused-ring (bicyclic) bond motifs is 1. The Labute approximate surface area is 179 Å². The van der Waals surface area contributed by atoms with Gasteiger partial charge in [-0.05, 0) is 48.5 Å². The number of hydrogen-bond donors (Lipinski definition) is 3. The van der Waals surface area contributed by atoms with E-state index in [-0.39, 0.29) is 5.75 Å². The fourth-order valence-corrected chi connectivity index (χ4v) is 3.78.